The number of nitrogens with zero attached hydrogens (tertiary/aromatic N) is 1. The maximum atomic E-state index is 11.4. The van der Waals surface area contributed by atoms with E-state index in [-0.39, 0.29) is 5.97 Å². The lowest BCUT2D eigenvalue weighted by Gasteiger charge is -2.02. The summed E-state index contributed by atoms with van der Waals surface area (Å²) >= 11 is 0. The molecule has 0 unspecified atom stereocenters. The summed E-state index contributed by atoms with van der Waals surface area (Å²) in [5.41, 5.74) is 1.17. The predicted molar refractivity (Wildman–Crippen MR) is 71.0 cm³/mol. The third-order valence-corrected chi connectivity index (χ3v) is 2.08. The van der Waals surface area contributed by atoms with Crippen LogP contribution < -0.4 is 0 Å². The lowest BCUT2D eigenvalue weighted by atomic mass is 10.2. The van der Waals surface area contributed by atoms with E-state index < -0.39 is 5.97 Å². The summed E-state index contributed by atoms with van der Waals surface area (Å²) in [7, 11) is 0. The Hall–Kier alpha value is -2.43. The van der Waals surface area contributed by atoms with E-state index in [4.69, 9.17) is 14.6 Å². The first-order valence-corrected chi connectivity index (χ1v) is 5.77. The summed E-state index contributed by atoms with van der Waals surface area (Å²) in [6.45, 7) is 3.23. The fourth-order valence-corrected chi connectivity index (χ4v) is 1.38. The number of hydrogen-bond acceptors (Lipinski definition) is 4. The molecule has 0 fully saturated rings. The molecule has 1 heterocycles. The zero-order valence-electron chi connectivity index (χ0n) is 10.8. The van der Waals surface area contributed by atoms with Crippen molar-refractivity contribution < 1.29 is 19.4 Å². The van der Waals surface area contributed by atoms with Gasteiger partial charge in [0.05, 0.1) is 12.1 Å². The minimum absolute atomic E-state index is 0.357. The van der Waals surface area contributed by atoms with Crippen molar-refractivity contribution >= 4 is 22.8 Å². The van der Waals surface area contributed by atoms with E-state index in [1.165, 1.54) is 0 Å². The Bertz CT molecular complexity index is 576. The number of carboxylic acids is 1. The Morgan fingerprint density at radius 2 is 1.84 bits per heavy atom. The number of para-hydroxylation sites is 1. The van der Waals surface area contributed by atoms with Gasteiger partial charge in [-0.3, -0.25) is 4.79 Å². The van der Waals surface area contributed by atoms with Crippen LogP contribution in [-0.4, -0.2) is 28.6 Å². The standard InChI is InChI=1S/C12H11NO2.C2H4O2/c1-2-15-12(14)11-8-7-9-5-3-4-6-10(9)13-11;1-2(3)4/h3-8H,2H2,1H3;1H3,(H,3,4). The molecule has 2 aromatic rings. The van der Waals surface area contributed by atoms with Crippen LogP contribution in [0.1, 0.15) is 24.3 Å². The number of aliphatic carboxylic acids is 1. The minimum atomic E-state index is -0.833. The van der Waals surface area contributed by atoms with Gasteiger partial charge >= 0.3 is 5.97 Å². The van der Waals surface area contributed by atoms with Crippen molar-refractivity contribution in [1.82, 2.24) is 4.98 Å². The van der Waals surface area contributed by atoms with Gasteiger partial charge in [0.1, 0.15) is 5.69 Å². The molecule has 0 radical (unpaired) electrons. The molecule has 0 aliphatic heterocycles. The van der Waals surface area contributed by atoms with Gasteiger partial charge in [-0.15, -0.1) is 0 Å². The van der Waals surface area contributed by atoms with Crippen LogP contribution in [0.5, 0.6) is 0 Å². The van der Waals surface area contributed by atoms with Gasteiger partial charge in [0.2, 0.25) is 0 Å². The quantitative estimate of drug-likeness (QED) is 0.840. The number of fused-ring (bicyclic) bond motifs is 1. The first kappa shape index (κ1) is 14.6. The van der Waals surface area contributed by atoms with Crippen LogP contribution in [0, 0.1) is 0 Å². The average Bonchev–Trinajstić information content (AvgIpc) is 2.38. The minimum Gasteiger partial charge on any atom is -0.481 e. The number of pyridine rings is 1. The molecule has 2 rings (SSSR count). The van der Waals surface area contributed by atoms with Crippen LogP contribution in [0.15, 0.2) is 36.4 Å². The molecule has 1 N–H and O–H groups in total. The lowest BCUT2D eigenvalue weighted by molar-refractivity contribution is -0.134. The largest absolute Gasteiger partial charge is 0.481 e. The summed E-state index contributed by atoms with van der Waals surface area (Å²) in [5, 5.41) is 8.44. The van der Waals surface area contributed by atoms with Crippen LogP contribution in [0.4, 0.5) is 0 Å². The van der Waals surface area contributed by atoms with E-state index in [0.29, 0.717) is 12.3 Å². The maximum absolute atomic E-state index is 11.4. The number of carbonyl (C=O) groups is 2. The van der Waals surface area contributed by atoms with Crippen molar-refractivity contribution in [2.75, 3.05) is 6.61 Å². The molecule has 0 saturated carbocycles. The van der Waals surface area contributed by atoms with Gasteiger partial charge in [0, 0.05) is 12.3 Å². The normalized spacial score (nSPS) is 9.37. The maximum Gasteiger partial charge on any atom is 0.356 e. The van der Waals surface area contributed by atoms with Gasteiger partial charge in [0.25, 0.3) is 5.97 Å². The van der Waals surface area contributed by atoms with Gasteiger partial charge in [-0.25, -0.2) is 9.78 Å². The van der Waals surface area contributed by atoms with Crippen molar-refractivity contribution in [3.8, 4) is 0 Å². The zero-order chi connectivity index (χ0) is 14.3. The monoisotopic (exact) mass is 261 g/mol. The molecule has 5 heteroatoms. The Balaban J connectivity index is 0.000000399. The van der Waals surface area contributed by atoms with Gasteiger partial charge in [-0.05, 0) is 19.1 Å². The van der Waals surface area contributed by atoms with Crippen molar-refractivity contribution in [1.29, 1.82) is 0 Å². The number of carboxylic acid groups (broad SMARTS) is 1. The highest BCUT2D eigenvalue weighted by Crippen LogP contribution is 2.12. The highest BCUT2D eigenvalue weighted by atomic mass is 16.5. The molecular formula is C14H15NO4. The fraction of sp³-hybridized carbons (Fsp3) is 0.214. The number of aromatic nitrogens is 1. The molecule has 1 aromatic carbocycles. The molecule has 19 heavy (non-hydrogen) atoms. The SMILES string of the molecule is CC(=O)O.CCOC(=O)c1ccc2ccccc2n1. The first-order chi connectivity index (χ1) is 9.04. The molecule has 0 bridgehead atoms. The van der Waals surface area contributed by atoms with Crippen LogP contribution in [-0.2, 0) is 9.53 Å². The molecule has 0 aliphatic rings. The Labute approximate surface area is 110 Å². The molecule has 1 aromatic heterocycles. The lowest BCUT2D eigenvalue weighted by Crippen LogP contribution is -2.06. The molecular weight excluding hydrogens is 246 g/mol. The summed E-state index contributed by atoms with van der Waals surface area (Å²) in [6.07, 6.45) is 0. The van der Waals surface area contributed by atoms with Gasteiger partial charge in [0.15, 0.2) is 0 Å². The Morgan fingerprint density at radius 3 is 2.47 bits per heavy atom. The van der Waals surface area contributed by atoms with E-state index in [2.05, 4.69) is 4.98 Å². The van der Waals surface area contributed by atoms with Crippen LogP contribution in [0.25, 0.3) is 10.9 Å². The number of ether oxygens (including phenoxy) is 1. The molecule has 0 spiro atoms. The molecule has 0 saturated heterocycles. The van der Waals surface area contributed by atoms with Gasteiger partial charge in [-0.1, -0.05) is 24.3 Å². The van der Waals surface area contributed by atoms with Crippen LogP contribution in [0.2, 0.25) is 0 Å². The second-order valence-electron chi connectivity index (χ2n) is 3.63. The molecule has 100 valence electrons. The van der Waals surface area contributed by atoms with E-state index in [9.17, 15) is 4.79 Å². The van der Waals surface area contributed by atoms with Crippen molar-refractivity contribution in [2.24, 2.45) is 0 Å². The highest BCUT2D eigenvalue weighted by Gasteiger charge is 2.07. The van der Waals surface area contributed by atoms with Crippen LogP contribution in [0.3, 0.4) is 0 Å². The van der Waals surface area contributed by atoms with E-state index in [0.717, 1.165) is 17.8 Å². The third-order valence-electron chi connectivity index (χ3n) is 2.08. The Morgan fingerprint density at radius 1 is 1.21 bits per heavy atom. The number of benzene rings is 1. The van der Waals surface area contributed by atoms with E-state index in [1.54, 1.807) is 13.0 Å². The molecule has 0 amide bonds. The fourth-order valence-electron chi connectivity index (χ4n) is 1.38. The molecule has 0 aliphatic carbocycles. The summed E-state index contributed by atoms with van der Waals surface area (Å²) < 4.78 is 4.88. The number of hydrogen-bond donors (Lipinski definition) is 1. The second-order valence-corrected chi connectivity index (χ2v) is 3.63. The number of esters is 1. The smallest absolute Gasteiger partial charge is 0.356 e. The predicted octanol–water partition coefficient (Wildman–Crippen LogP) is 2.50. The summed E-state index contributed by atoms with van der Waals surface area (Å²) in [6, 6.07) is 11.2. The van der Waals surface area contributed by atoms with Crippen molar-refractivity contribution in [2.45, 2.75) is 13.8 Å². The summed E-state index contributed by atoms with van der Waals surface area (Å²) in [4.78, 5) is 24.6. The second kappa shape index (κ2) is 7.10. The topological polar surface area (TPSA) is 76.5 Å². The Kier molecular flexibility index (Phi) is 5.47. The molecule has 5 nitrogen and oxygen atoms in total. The van der Waals surface area contributed by atoms with Crippen LogP contribution >= 0.6 is 0 Å². The van der Waals surface area contributed by atoms with Crippen molar-refractivity contribution in [3.05, 3.63) is 42.1 Å². The summed E-state index contributed by atoms with van der Waals surface area (Å²) in [5.74, 6) is -1.21. The average molecular weight is 261 g/mol. The van der Waals surface area contributed by atoms with E-state index >= 15 is 0 Å². The number of rotatable bonds is 2. The highest BCUT2D eigenvalue weighted by molar-refractivity contribution is 5.90. The number of carbonyl (C=O) groups excluding carboxylic acids is 1. The molecule has 0 atom stereocenters. The van der Waals surface area contributed by atoms with E-state index in [1.807, 2.05) is 30.3 Å². The zero-order valence-corrected chi connectivity index (χ0v) is 10.8. The first-order valence-electron chi connectivity index (χ1n) is 5.77. The third kappa shape index (κ3) is 4.75. The van der Waals surface area contributed by atoms with Gasteiger partial charge in [-0.2, -0.15) is 0 Å². The van der Waals surface area contributed by atoms with Gasteiger partial charge < -0.3 is 9.84 Å². The van der Waals surface area contributed by atoms with Crippen molar-refractivity contribution in [3.63, 3.8) is 0 Å².